The third-order valence-electron chi connectivity index (χ3n) is 12.1. The van der Waals surface area contributed by atoms with E-state index >= 15 is 0 Å². The number of rotatable bonds is 8. The molecule has 0 aliphatic heterocycles. The Morgan fingerprint density at radius 2 is 1.02 bits per heavy atom. The molecule has 302 valence electrons. The predicted molar refractivity (Wildman–Crippen MR) is 264 cm³/mol. The molecule has 0 atom stereocenters. The van der Waals surface area contributed by atoms with Gasteiger partial charge in [0, 0.05) is 52.6 Å². The van der Waals surface area contributed by atoms with Gasteiger partial charge in [0.25, 0.3) is 0 Å². The topological polar surface area (TPSA) is 30.9 Å². The van der Waals surface area contributed by atoms with E-state index in [0.29, 0.717) is 0 Å². The van der Waals surface area contributed by atoms with E-state index in [-0.39, 0.29) is 5.54 Å². The lowest BCUT2D eigenvalue weighted by Gasteiger charge is -2.25. The smallest absolute Gasteiger partial charge is 0.191 e. The summed E-state index contributed by atoms with van der Waals surface area (Å²) >= 11 is 0. The standard InChI is InChI=1S/C58H46N5/c1-58(2,3)61-40-60(53-31-15-16-32-54(53)61)45-25-17-26-46(38-45)62(44-23-11-6-12-24-44)47-33-34-51-50-27-13-14-30-52(50)63(55(51)39-47)56-37-43(35-36-59-56)57-48(41-19-7-4-8-20-41)28-18-29-49(57)42-21-9-5-10-22-42/h4-40H,1-3H3/q+1. The highest BCUT2D eigenvalue weighted by Crippen LogP contribution is 2.43. The normalized spacial score (nSPS) is 11.7. The molecule has 11 aromatic rings. The first-order valence-corrected chi connectivity index (χ1v) is 21.6. The zero-order valence-corrected chi connectivity index (χ0v) is 35.6. The Hall–Kier alpha value is -8.02. The highest BCUT2D eigenvalue weighted by molar-refractivity contribution is 6.10. The molecule has 0 unspecified atom stereocenters. The molecule has 0 aliphatic carbocycles. The zero-order chi connectivity index (χ0) is 42.5. The molecule has 0 amide bonds. The first-order valence-electron chi connectivity index (χ1n) is 21.6. The monoisotopic (exact) mass is 812 g/mol. The van der Waals surface area contributed by atoms with Gasteiger partial charge in [-0.3, -0.25) is 4.57 Å². The lowest BCUT2D eigenvalue weighted by Crippen LogP contribution is -2.20. The minimum atomic E-state index is -0.0871. The van der Waals surface area contributed by atoms with Crippen molar-refractivity contribution in [3.05, 3.63) is 225 Å². The number of anilines is 3. The number of fused-ring (bicyclic) bond motifs is 4. The number of para-hydroxylation sites is 4. The number of nitrogens with zero attached hydrogens (tertiary/aromatic N) is 5. The van der Waals surface area contributed by atoms with Crippen molar-refractivity contribution in [2.24, 2.45) is 0 Å². The molecule has 8 aromatic carbocycles. The van der Waals surface area contributed by atoms with Crippen LogP contribution >= 0.6 is 0 Å². The van der Waals surface area contributed by atoms with Crippen molar-refractivity contribution in [2.45, 2.75) is 26.3 Å². The van der Waals surface area contributed by atoms with Gasteiger partial charge in [0.05, 0.1) is 22.3 Å². The van der Waals surface area contributed by atoms with Crippen LogP contribution in [-0.2, 0) is 5.54 Å². The van der Waals surface area contributed by atoms with Crippen molar-refractivity contribution in [1.29, 1.82) is 0 Å². The van der Waals surface area contributed by atoms with Gasteiger partial charge in [-0.2, -0.15) is 4.57 Å². The second-order valence-electron chi connectivity index (χ2n) is 17.1. The Morgan fingerprint density at radius 3 is 1.71 bits per heavy atom. The summed E-state index contributed by atoms with van der Waals surface area (Å²) in [6, 6.07) is 76.2. The number of hydrogen-bond donors (Lipinski definition) is 0. The minimum absolute atomic E-state index is 0.0871. The fraction of sp³-hybridized carbons (Fsp3) is 0.0690. The molecule has 0 fully saturated rings. The van der Waals surface area contributed by atoms with Gasteiger partial charge in [-0.25, -0.2) is 9.55 Å². The number of imidazole rings is 1. The molecule has 0 saturated heterocycles. The lowest BCUT2D eigenvalue weighted by atomic mass is 9.88. The van der Waals surface area contributed by atoms with E-state index in [1.165, 1.54) is 49.6 Å². The fourth-order valence-corrected chi connectivity index (χ4v) is 9.28. The molecule has 3 heterocycles. The molecule has 0 N–H and O–H groups in total. The molecule has 0 saturated carbocycles. The van der Waals surface area contributed by atoms with Crippen molar-refractivity contribution < 1.29 is 0 Å². The summed E-state index contributed by atoms with van der Waals surface area (Å²) in [5.74, 6) is 0.859. The van der Waals surface area contributed by atoms with Crippen LogP contribution in [0, 0.1) is 0 Å². The lowest BCUT2D eigenvalue weighted by molar-refractivity contribution is 0.406. The molecule has 0 aliphatic rings. The maximum Gasteiger partial charge on any atom is 0.191 e. The maximum atomic E-state index is 5.14. The Labute approximate surface area is 368 Å². The highest BCUT2D eigenvalue weighted by Gasteiger charge is 2.26. The largest absolute Gasteiger partial charge is 0.309 e. The molecule has 11 rings (SSSR count). The van der Waals surface area contributed by atoms with E-state index < -0.39 is 0 Å². The van der Waals surface area contributed by atoms with Crippen molar-refractivity contribution >= 4 is 49.9 Å². The van der Waals surface area contributed by atoms with Crippen LogP contribution in [0.4, 0.5) is 17.1 Å². The van der Waals surface area contributed by atoms with Gasteiger partial charge in [0.15, 0.2) is 17.4 Å². The Bertz CT molecular complexity index is 3370. The quantitative estimate of drug-likeness (QED) is 0.143. The summed E-state index contributed by atoms with van der Waals surface area (Å²) in [7, 11) is 0. The SMILES string of the molecule is CC(C)(C)n1[cH+]n(-c2cccc(N(c3ccccc3)c3ccc4c5ccccc5n(-c5cc(-c6c(-c7ccccc7)cccc6-c6ccccc6)ccn5)c4c3)c2)c2ccccc21. The summed E-state index contributed by atoms with van der Waals surface area (Å²) in [6.45, 7) is 6.76. The Balaban J connectivity index is 1.10. The van der Waals surface area contributed by atoms with Gasteiger partial charge in [-0.15, -0.1) is 0 Å². The summed E-state index contributed by atoms with van der Waals surface area (Å²) in [6.07, 6.45) is 4.20. The number of benzene rings is 8. The molecule has 0 radical (unpaired) electrons. The average Bonchev–Trinajstić information content (AvgIpc) is 3.89. The summed E-state index contributed by atoms with van der Waals surface area (Å²) < 4.78 is 7.01. The Morgan fingerprint density at radius 1 is 0.444 bits per heavy atom. The molecule has 63 heavy (non-hydrogen) atoms. The second-order valence-corrected chi connectivity index (χ2v) is 17.1. The van der Waals surface area contributed by atoms with E-state index in [1.54, 1.807) is 0 Å². The third kappa shape index (κ3) is 6.75. The van der Waals surface area contributed by atoms with Gasteiger partial charge in [0.1, 0.15) is 11.5 Å². The van der Waals surface area contributed by atoms with E-state index in [2.05, 4.69) is 258 Å². The first kappa shape index (κ1) is 37.9. The van der Waals surface area contributed by atoms with Crippen LogP contribution in [0.15, 0.2) is 225 Å². The molecule has 0 spiro atoms. The third-order valence-corrected chi connectivity index (χ3v) is 12.1. The van der Waals surface area contributed by atoms with E-state index in [1.807, 2.05) is 6.20 Å². The van der Waals surface area contributed by atoms with Gasteiger partial charge in [0.2, 0.25) is 0 Å². The maximum absolute atomic E-state index is 5.14. The molecule has 3 aromatic heterocycles. The zero-order valence-electron chi connectivity index (χ0n) is 35.6. The molecular weight excluding hydrogens is 767 g/mol. The first-order chi connectivity index (χ1) is 30.9. The average molecular weight is 813 g/mol. The van der Waals surface area contributed by atoms with Crippen LogP contribution in [0.2, 0.25) is 0 Å². The Kier molecular flexibility index (Phi) is 9.31. The fourth-order valence-electron chi connectivity index (χ4n) is 9.28. The van der Waals surface area contributed by atoms with Crippen LogP contribution in [0.25, 0.3) is 77.7 Å². The van der Waals surface area contributed by atoms with Crippen LogP contribution in [0.1, 0.15) is 20.8 Å². The van der Waals surface area contributed by atoms with Crippen molar-refractivity contribution in [2.75, 3.05) is 4.90 Å². The van der Waals surface area contributed by atoms with Crippen molar-refractivity contribution in [1.82, 2.24) is 18.7 Å². The van der Waals surface area contributed by atoms with Crippen molar-refractivity contribution in [3.8, 4) is 44.9 Å². The van der Waals surface area contributed by atoms with Gasteiger partial charge in [-0.1, -0.05) is 121 Å². The minimum Gasteiger partial charge on any atom is -0.309 e. The number of hydrogen-bond acceptors (Lipinski definition) is 2. The summed E-state index contributed by atoms with van der Waals surface area (Å²) in [5, 5.41) is 2.35. The van der Waals surface area contributed by atoms with Gasteiger partial charge in [-0.05, 0) is 121 Å². The summed E-state index contributed by atoms with van der Waals surface area (Å²) in [5.41, 5.74) is 15.7. The van der Waals surface area contributed by atoms with Crippen LogP contribution in [-0.4, -0.2) is 18.7 Å². The van der Waals surface area contributed by atoms with E-state index in [0.717, 1.165) is 45.2 Å². The van der Waals surface area contributed by atoms with E-state index in [4.69, 9.17) is 4.98 Å². The van der Waals surface area contributed by atoms with E-state index in [9.17, 15) is 0 Å². The highest BCUT2D eigenvalue weighted by atomic mass is 15.2. The van der Waals surface area contributed by atoms with Gasteiger partial charge >= 0.3 is 0 Å². The van der Waals surface area contributed by atoms with Crippen molar-refractivity contribution in [3.63, 3.8) is 0 Å². The predicted octanol–water partition coefficient (Wildman–Crippen LogP) is 15.4. The molecule has 5 heteroatoms. The van der Waals surface area contributed by atoms with Gasteiger partial charge < -0.3 is 4.90 Å². The summed E-state index contributed by atoms with van der Waals surface area (Å²) in [4.78, 5) is 7.50. The number of pyridine rings is 1. The van der Waals surface area contributed by atoms with Crippen LogP contribution < -0.4 is 4.90 Å². The molecule has 5 nitrogen and oxygen atoms in total. The number of aromatic nitrogens is 4. The van der Waals surface area contributed by atoms with Crippen LogP contribution in [0.3, 0.4) is 0 Å². The second kappa shape index (κ2) is 15.5. The molecular formula is C58H46N5+. The molecule has 0 bridgehead atoms. The van der Waals surface area contributed by atoms with Crippen LogP contribution in [0.5, 0.6) is 0 Å².